The van der Waals surface area contributed by atoms with Crippen molar-refractivity contribution in [3.63, 3.8) is 0 Å². The van der Waals surface area contributed by atoms with Gasteiger partial charge in [0.1, 0.15) is 5.82 Å². The van der Waals surface area contributed by atoms with Crippen molar-refractivity contribution in [2.24, 2.45) is 0 Å². The maximum atomic E-state index is 12.8. The molecule has 90 valence electrons. The first-order valence-corrected chi connectivity index (χ1v) is 4.53. The van der Waals surface area contributed by atoms with Crippen LogP contribution in [0.5, 0.6) is 0 Å². The van der Waals surface area contributed by atoms with Gasteiger partial charge in [-0.2, -0.15) is 13.2 Å². The summed E-state index contributed by atoms with van der Waals surface area (Å²) in [5.41, 5.74) is 5.87. The number of hydrogen-bond acceptors (Lipinski definition) is 2. The Balaban J connectivity index is 2.64. The van der Waals surface area contributed by atoms with Crippen LogP contribution in [0.4, 0.5) is 23.2 Å². The van der Waals surface area contributed by atoms with Crippen LogP contribution in [0, 0.1) is 5.82 Å². The Morgan fingerprint density at radius 3 is 2.56 bits per heavy atom. The lowest BCUT2D eigenvalue weighted by Crippen LogP contribution is -2.28. The number of nitrogen functional groups attached to an aromatic ring is 1. The fourth-order valence-electron chi connectivity index (χ4n) is 1.01. The molecule has 0 aliphatic heterocycles. The SMILES string of the molecule is CC(OCc1cc(F)ccc1N)C(F)(F)F. The van der Waals surface area contributed by atoms with E-state index < -0.39 is 18.1 Å². The molecule has 1 rings (SSSR count). The van der Waals surface area contributed by atoms with Crippen LogP contribution in [0.15, 0.2) is 18.2 Å². The largest absolute Gasteiger partial charge is 0.414 e. The van der Waals surface area contributed by atoms with E-state index in [4.69, 9.17) is 5.73 Å². The van der Waals surface area contributed by atoms with Gasteiger partial charge in [-0.3, -0.25) is 0 Å². The van der Waals surface area contributed by atoms with Crippen LogP contribution in [-0.2, 0) is 11.3 Å². The van der Waals surface area contributed by atoms with E-state index in [2.05, 4.69) is 4.74 Å². The van der Waals surface area contributed by atoms with Gasteiger partial charge in [-0.15, -0.1) is 0 Å². The predicted octanol–water partition coefficient (Wildman–Crippen LogP) is 2.88. The lowest BCUT2D eigenvalue weighted by Gasteiger charge is -2.16. The number of hydrogen-bond donors (Lipinski definition) is 1. The van der Waals surface area contributed by atoms with Crippen molar-refractivity contribution in [1.82, 2.24) is 0 Å². The van der Waals surface area contributed by atoms with Gasteiger partial charge in [0.25, 0.3) is 0 Å². The summed E-state index contributed by atoms with van der Waals surface area (Å²) in [4.78, 5) is 0. The summed E-state index contributed by atoms with van der Waals surface area (Å²) in [6.45, 7) is 0.514. The molecule has 2 N–H and O–H groups in total. The number of nitrogens with two attached hydrogens (primary N) is 1. The molecule has 0 saturated carbocycles. The molecule has 1 unspecified atom stereocenters. The van der Waals surface area contributed by atoms with E-state index in [0.717, 1.165) is 19.1 Å². The minimum Gasteiger partial charge on any atom is -0.398 e. The quantitative estimate of drug-likeness (QED) is 0.648. The molecule has 0 radical (unpaired) electrons. The average Bonchev–Trinajstić information content (AvgIpc) is 2.17. The van der Waals surface area contributed by atoms with Crippen LogP contribution in [-0.4, -0.2) is 12.3 Å². The molecule has 0 aliphatic rings. The van der Waals surface area contributed by atoms with Gasteiger partial charge >= 0.3 is 6.18 Å². The first-order chi connectivity index (χ1) is 7.30. The highest BCUT2D eigenvalue weighted by Gasteiger charge is 2.36. The molecule has 0 saturated heterocycles. The summed E-state index contributed by atoms with van der Waals surface area (Å²) < 4.78 is 53.6. The number of anilines is 1. The van der Waals surface area contributed by atoms with Crippen LogP contribution in [0.1, 0.15) is 12.5 Å². The topological polar surface area (TPSA) is 35.2 Å². The zero-order valence-corrected chi connectivity index (χ0v) is 8.51. The summed E-state index contributed by atoms with van der Waals surface area (Å²) in [6.07, 6.45) is -6.34. The van der Waals surface area contributed by atoms with E-state index >= 15 is 0 Å². The highest BCUT2D eigenvalue weighted by atomic mass is 19.4. The summed E-state index contributed by atoms with van der Waals surface area (Å²) >= 11 is 0. The van der Waals surface area contributed by atoms with E-state index in [1.165, 1.54) is 6.07 Å². The summed E-state index contributed by atoms with van der Waals surface area (Å²) in [7, 11) is 0. The molecule has 1 atom stereocenters. The number of benzene rings is 1. The second kappa shape index (κ2) is 4.69. The highest BCUT2D eigenvalue weighted by Crippen LogP contribution is 2.24. The second-order valence-corrected chi connectivity index (χ2v) is 3.34. The molecule has 0 spiro atoms. The van der Waals surface area contributed by atoms with E-state index in [-0.39, 0.29) is 17.9 Å². The van der Waals surface area contributed by atoms with E-state index in [9.17, 15) is 17.6 Å². The van der Waals surface area contributed by atoms with Crippen molar-refractivity contribution in [3.05, 3.63) is 29.6 Å². The zero-order valence-electron chi connectivity index (χ0n) is 8.51. The minimum absolute atomic E-state index is 0.204. The van der Waals surface area contributed by atoms with Gasteiger partial charge in [0.05, 0.1) is 6.61 Å². The van der Waals surface area contributed by atoms with Gasteiger partial charge < -0.3 is 10.5 Å². The third-order valence-electron chi connectivity index (χ3n) is 2.05. The van der Waals surface area contributed by atoms with Crippen molar-refractivity contribution in [2.45, 2.75) is 25.8 Å². The number of ether oxygens (including phenoxy) is 1. The van der Waals surface area contributed by atoms with Gasteiger partial charge in [-0.25, -0.2) is 4.39 Å². The van der Waals surface area contributed by atoms with E-state index in [1.807, 2.05) is 0 Å². The number of halogens is 4. The molecular weight excluding hydrogens is 226 g/mol. The highest BCUT2D eigenvalue weighted by molar-refractivity contribution is 5.46. The van der Waals surface area contributed by atoms with Crippen LogP contribution < -0.4 is 5.73 Å². The number of alkyl halides is 3. The van der Waals surface area contributed by atoms with E-state index in [1.54, 1.807) is 0 Å². The smallest absolute Gasteiger partial charge is 0.398 e. The molecule has 1 aromatic carbocycles. The van der Waals surface area contributed by atoms with Crippen molar-refractivity contribution in [3.8, 4) is 0 Å². The average molecular weight is 237 g/mol. The molecule has 2 nitrogen and oxygen atoms in total. The molecular formula is C10H11F4NO. The maximum absolute atomic E-state index is 12.8. The van der Waals surface area contributed by atoms with Gasteiger partial charge in [-0.1, -0.05) is 0 Å². The standard InChI is InChI=1S/C10H11F4NO/c1-6(10(12,13)14)16-5-7-4-8(11)2-3-9(7)15/h2-4,6H,5,15H2,1H3. The zero-order chi connectivity index (χ0) is 12.3. The van der Waals surface area contributed by atoms with Gasteiger partial charge in [0, 0.05) is 11.3 Å². The molecule has 0 aromatic heterocycles. The third-order valence-corrected chi connectivity index (χ3v) is 2.05. The summed E-state index contributed by atoms with van der Waals surface area (Å²) in [5, 5.41) is 0. The Hall–Kier alpha value is -1.30. The molecule has 6 heteroatoms. The molecule has 0 amide bonds. The van der Waals surface area contributed by atoms with Crippen molar-refractivity contribution in [1.29, 1.82) is 0 Å². The molecule has 16 heavy (non-hydrogen) atoms. The van der Waals surface area contributed by atoms with Crippen LogP contribution in [0.3, 0.4) is 0 Å². The normalized spacial score (nSPS) is 13.8. The monoisotopic (exact) mass is 237 g/mol. The Kier molecular flexibility index (Phi) is 3.74. The van der Waals surface area contributed by atoms with Gasteiger partial charge in [-0.05, 0) is 25.1 Å². The summed E-state index contributed by atoms with van der Waals surface area (Å²) in [5.74, 6) is -0.563. The minimum atomic E-state index is -4.43. The van der Waals surface area contributed by atoms with E-state index in [0.29, 0.717) is 0 Å². The Labute approximate surface area is 90.0 Å². The maximum Gasteiger partial charge on any atom is 0.414 e. The second-order valence-electron chi connectivity index (χ2n) is 3.34. The molecule has 1 aromatic rings. The first kappa shape index (κ1) is 12.8. The van der Waals surface area contributed by atoms with Crippen molar-refractivity contribution < 1.29 is 22.3 Å². The lowest BCUT2D eigenvalue weighted by molar-refractivity contribution is -0.217. The fourth-order valence-corrected chi connectivity index (χ4v) is 1.01. The predicted molar refractivity (Wildman–Crippen MR) is 51.1 cm³/mol. The Bertz CT molecular complexity index is 364. The fraction of sp³-hybridized carbons (Fsp3) is 0.400. The lowest BCUT2D eigenvalue weighted by atomic mass is 10.2. The van der Waals surface area contributed by atoms with Gasteiger partial charge in [0.15, 0.2) is 6.10 Å². The van der Waals surface area contributed by atoms with Crippen LogP contribution >= 0.6 is 0 Å². The number of rotatable bonds is 3. The summed E-state index contributed by atoms with van der Waals surface area (Å²) in [6, 6.07) is 3.47. The van der Waals surface area contributed by atoms with Crippen molar-refractivity contribution >= 4 is 5.69 Å². The van der Waals surface area contributed by atoms with Crippen LogP contribution in [0.25, 0.3) is 0 Å². The van der Waals surface area contributed by atoms with Crippen molar-refractivity contribution in [2.75, 3.05) is 5.73 Å². The third kappa shape index (κ3) is 3.37. The van der Waals surface area contributed by atoms with Gasteiger partial charge in [0.2, 0.25) is 0 Å². The molecule has 0 bridgehead atoms. The first-order valence-electron chi connectivity index (χ1n) is 4.53. The van der Waals surface area contributed by atoms with Crippen LogP contribution in [0.2, 0.25) is 0 Å². The Morgan fingerprint density at radius 1 is 1.38 bits per heavy atom. The Morgan fingerprint density at radius 2 is 2.00 bits per heavy atom. The molecule has 0 heterocycles. The molecule has 0 fully saturated rings. The molecule has 0 aliphatic carbocycles.